The summed E-state index contributed by atoms with van der Waals surface area (Å²) in [6.07, 6.45) is 2.47. The third kappa shape index (κ3) is 4.23. The molecular weight excluding hydrogens is 314 g/mol. The molecular formula is C14H19BrClNO. The Kier molecular flexibility index (Phi) is 5.49. The zero-order valence-electron chi connectivity index (χ0n) is 10.7. The van der Waals surface area contributed by atoms with Gasteiger partial charge in [0.25, 0.3) is 0 Å². The van der Waals surface area contributed by atoms with Crippen LogP contribution in [-0.4, -0.2) is 31.7 Å². The van der Waals surface area contributed by atoms with Gasteiger partial charge in [0, 0.05) is 29.2 Å². The first-order chi connectivity index (χ1) is 8.65. The summed E-state index contributed by atoms with van der Waals surface area (Å²) in [6, 6.07) is 6.08. The first kappa shape index (κ1) is 14.3. The van der Waals surface area contributed by atoms with Crippen LogP contribution in [0.25, 0.3) is 0 Å². The van der Waals surface area contributed by atoms with Gasteiger partial charge in [0.05, 0.1) is 6.61 Å². The third-order valence-electron chi connectivity index (χ3n) is 3.28. The summed E-state index contributed by atoms with van der Waals surface area (Å²) in [5.41, 5.74) is 1.18. The van der Waals surface area contributed by atoms with Gasteiger partial charge in [-0.2, -0.15) is 0 Å². The van der Waals surface area contributed by atoms with E-state index in [-0.39, 0.29) is 0 Å². The van der Waals surface area contributed by atoms with Crippen molar-refractivity contribution < 1.29 is 4.74 Å². The van der Waals surface area contributed by atoms with Crippen molar-refractivity contribution in [2.45, 2.75) is 19.4 Å². The first-order valence-corrected chi connectivity index (χ1v) is 7.52. The monoisotopic (exact) mass is 331 g/mol. The minimum absolute atomic E-state index is 0.665. The minimum atomic E-state index is 0.665. The van der Waals surface area contributed by atoms with Crippen molar-refractivity contribution in [3.63, 3.8) is 0 Å². The SMILES string of the molecule is CN(Cc1ccc(Br)cc1Cl)CC1CCCOC1. The van der Waals surface area contributed by atoms with E-state index < -0.39 is 0 Å². The van der Waals surface area contributed by atoms with Crippen molar-refractivity contribution in [2.75, 3.05) is 26.8 Å². The Morgan fingerprint density at radius 2 is 2.33 bits per heavy atom. The Hall–Kier alpha value is -0.0900. The lowest BCUT2D eigenvalue weighted by Gasteiger charge is -2.27. The Labute approximate surface area is 122 Å². The van der Waals surface area contributed by atoms with Crippen LogP contribution in [0.3, 0.4) is 0 Å². The molecule has 0 bridgehead atoms. The maximum absolute atomic E-state index is 6.23. The van der Waals surface area contributed by atoms with Crippen LogP contribution in [0.15, 0.2) is 22.7 Å². The number of hydrogen-bond donors (Lipinski definition) is 0. The van der Waals surface area contributed by atoms with E-state index in [4.69, 9.17) is 16.3 Å². The fourth-order valence-electron chi connectivity index (χ4n) is 2.40. The van der Waals surface area contributed by atoms with Crippen molar-refractivity contribution >= 4 is 27.5 Å². The van der Waals surface area contributed by atoms with Gasteiger partial charge in [-0.25, -0.2) is 0 Å². The topological polar surface area (TPSA) is 12.5 Å². The van der Waals surface area contributed by atoms with Crippen LogP contribution >= 0.6 is 27.5 Å². The fourth-order valence-corrected chi connectivity index (χ4v) is 3.13. The summed E-state index contributed by atoms with van der Waals surface area (Å²) in [5, 5.41) is 0.830. The largest absolute Gasteiger partial charge is 0.381 e. The number of rotatable bonds is 4. The highest BCUT2D eigenvalue weighted by atomic mass is 79.9. The van der Waals surface area contributed by atoms with Crippen LogP contribution in [0.4, 0.5) is 0 Å². The summed E-state index contributed by atoms with van der Waals surface area (Å²) >= 11 is 9.66. The second-order valence-corrected chi connectivity index (χ2v) is 6.34. The number of benzene rings is 1. The number of halogens is 2. The molecule has 1 aromatic rings. The van der Waals surface area contributed by atoms with E-state index in [9.17, 15) is 0 Å². The van der Waals surface area contributed by atoms with E-state index in [0.717, 1.165) is 35.8 Å². The quantitative estimate of drug-likeness (QED) is 0.827. The molecule has 0 aromatic heterocycles. The second-order valence-electron chi connectivity index (χ2n) is 5.02. The summed E-state index contributed by atoms with van der Waals surface area (Å²) in [7, 11) is 2.15. The molecule has 18 heavy (non-hydrogen) atoms. The lowest BCUT2D eigenvalue weighted by atomic mass is 10.0. The van der Waals surface area contributed by atoms with Crippen molar-refractivity contribution in [1.82, 2.24) is 4.90 Å². The van der Waals surface area contributed by atoms with Gasteiger partial charge in [0.15, 0.2) is 0 Å². The third-order valence-corrected chi connectivity index (χ3v) is 4.12. The van der Waals surface area contributed by atoms with Crippen molar-refractivity contribution in [3.8, 4) is 0 Å². The van der Waals surface area contributed by atoms with Gasteiger partial charge in [0.2, 0.25) is 0 Å². The summed E-state index contributed by atoms with van der Waals surface area (Å²) in [5.74, 6) is 0.665. The highest BCUT2D eigenvalue weighted by Crippen LogP contribution is 2.23. The van der Waals surface area contributed by atoms with E-state index in [1.165, 1.54) is 18.4 Å². The lowest BCUT2D eigenvalue weighted by molar-refractivity contribution is 0.0411. The van der Waals surface area contributed by atoms with Crippen molar-refractivity contribution in [1.29, 1.82) is 0 Å². The molecule has 0 amide bonds. The van der Waals surface area contributed by atoms with Crippen LogP contribution in [0, 0.1) is 5.92 Å². The molecule has 0 saturated carbocycles. The number of nitrogens with zero attached hydrogens (tertiary/aromatic N) is 1. The van der Waals surface area contributed by atoms with Gasteiger partial charge in [-0.1, -0.05) is 33.6 Å². The maximum atomic E-state index is 6.23. The molecule has 1 unspecified atom stereocenters. The molecule has 0 spiro atoms. The van der Waals surface area contributed by atoms with Gasteiger partial charge >= 0.3 is 0 Å². The van der Waals surface area contributed by atoms with Gasteiger partial charge in [-0.15, -0.1) is 0 Å². The highest BCUT2D eigenvalue weighted by Gasteiger charge is 2.16. The average Bonchev–Trinajstić information content (AvgIpc) is 2.34. The predicted octanol–water partition coefficient (Wildman–Crippen LogP) is 3.96. The van der Waals surface area contributed by atoms with Crippen LogP contribution in [-0.2, 0) is 11.3 Å². The van der Waals surface area contributed by atoms with E-state index in [2.05, 4.69) is 33.9 Å². The summed E-state index contributed by atoms with van der Waals surface area (Å²) in [6.45, 7) is 3.80. The average molecular weight is 333 g/mol. The van der Waals surface area contributed by atoms with Gasteiger partial charge in [-0.3, -0.25) is 0 Å². The lowest BCUT2D eigenvalue weighted by Crippen LogP contribution is -2.30. The Bertz CT molecular complexity index is 393. The number of hydrogen-bond acceptors (Lipinski definition) is 2. The second kappa shape index (κ2) is 6.90. The van der Waals surface area contributed by atoms with Gasteiger partial charge < -0.3 is 9.64 Å². The zero-order chi connectivity index (χ0) is 13.0. The van der Waals surface area contributed by atoms with Crippen LogP contribution in [0.1, 0.15) is 18.4 Å². The van der Waals surface area contributed by atoms with E-state index >= 15 is 0 Å². The van der Waals surface area contributed by atoms with Gasteiger partial charge in [-0.05, 0) is 43.5 Å². The molecule has 0 N–H and O–H groups in total. The molecule has 100 valence electrons. The molecule has 1 saturated heterocycles. The molecule has 2 nitrogen and oxygen atoms in total. The minimum Gasteiger partial charge on any atom is -0.381 e. The molecule has 1 aliphatic heterocycles. The van der Waals surface area contributed by atoms with Crippen molar-refractivity contribution in [3.05, 3.63) is 33.3 Å². The standard InChI is InChI=1S/C14H19BrClNO/c1-17(8-11-3-2-6-18-10-11)9-12-4-5-13(15)7-14(12)16/h4-5,7,11H,2-3,6,8-10H2,1H3. The van der Waals surface area contributed by atoms with Crippen LogP contribution in [0.5, 0.6) is 0 Å². The maximum Gasteiger partial charge on any atom is 0.0506 e. The fraction of sp³-hybridized carbons (Fsp3) is 0.571. The normalized spacial score (nSPS) is 20.3. The van der Waals surface area contributed by atoms with E-state index in [1.807, 2.05) is 12.1 Å². The zero-order valence-corrected chi connectivity index (χ0v) is 13.0. The van der Waals surface area contributed by atoms with E-state index in [1.54, 1.807) is 0 Å². The highest BCUT2D eigenvalue weighted by molar-refractivity contribution is 9.10. The van der Waals surface area contributed by atoms with Gasteiger partial charge in [0.1, 0.15) is 0 Å². The van der Waals surface area contributed by atoms with Crippen molar-refractivity contribution in [2.24, 2.45) is 5.92 Å². The van der Waals surface area contributed by atoms with Crippen LogP contribution < -0.4 is 0 Å². The molecule has 0 radical (unpaired) electrons. The molecule has 2 rings (SSSR count). The summed E-state index contributed by atoms with van der Waals surface area (Å²) < 4.78 is 6.54. The molecule has 4 heteroatoms. The predicted molar refractivity (Wildman–Crippen MR) is 79.0 cm³/mol. The Balaban J connectivity index is 1.87. The Morgan fingerprint density at radius 1 is 1.50 bits per heavy atom. The number of ether oxygens (including phenoxy) is 1. The molecule has 1 fully saturated rings. The molecule has 0 aliphatic carbocycles. The smallest absolute Gasteiger partial charge is 0.0506 e. The molecule has 1 aromatic carbocycles. The Morgan fingerprint density at radius 3 is 3.00 bits per heavy atom. The van der Waals surface area contributed by atoms with Crippen LogP contribution in [0.2, 0.25) is 5.02 Å². The first-order valence-electron chi connectivity index (χ1n) is 6.35. The van der Waals surface area contributed by atoms with E-state index in [0.29, 0.717) is 5.92 Å². The molecule has 1 aliphatic rings. The molecule has 1 atom stereocenters. The molecule has 1 heterocycles. The summed E-state index contributed by atoms with van der Waals surface area (Å²) in [4.78, 5) is 2.33.